The van der Waals surface area contributed by atoms with Crippen LogP contribution in [0.25, 0.3) is 11.3 Å². The van der Waals surface area contributed by atoms with E-state index in [4.69, 9.17) is 4.74 Å². The molecule has 0 bridgehead atoms. The van der Waals surface area contributed by atoms with Crippen LogP contribution in [0.5, 0.6) is 5.88 Å². The van der Waals surface area contributed by atoms with Crippen LogP contribution < -0.4 is 4.74 Å². The van der Waals surface area contributed by atoms with E-state index >= 15 is 0 Å². The molecule has 0 aliphatic rings. The molecule has 2 aromatic rings. The van der Waals surface area contributed by atoms with Gasteiger partial charge in [-0.15, -0.1) is 0 Å². The number of nitrogens with zero attached hydrogens (tertiary/aromatic N) is 2. The minimum absolute atomic E-state index is 0.445. The summed E-state index contributed by atoms with van der Waals surface area (Å²) in [4.78, 5) is 8.66. The molecule has 2 heterocycles. The van der Waals surface area contributed by atoms with Crippen LogP contribution in [0.15, 0.2) is 36.7 Å². The van der Waals surface area contributed by atoms with Crippen LogP contribution >= 0.6 is 0 Å². The van der Waals surface area contributed by atoms with Gasteiger partial charge in [-0.25, -0.2) is 4.98 Å². The molecule has 2 aromatic heterocycles. The zero-order chi connectivity index (χ0) is 12.3. The van der Waals surface area contributed by atoms with Crippen molar-refractivity contribution in [3.63, 3.8) is 0 Å². The number of aromatic nitrogens is 2. The number of ether oxygens (including phenoxy) is 1. The fourth-order valence-corrected chi connectivity index (χ4v) is 1.77. The van der Waals surface area contributed by atoms with E-state index in [0.29, 0.717) is 11.8 Å². The molecule has 0 aliphatic heterocycles. The van der Waals surface area contributed by atoms with E-state index in [1.165, 1.54) is 5.56 Å². The Bertz CT molecular complexity index is 492. The molecular weight excluding hydrogens is 212 g/mol. The number of methoxy groups -OCH3 is 1. The molecule has 0 aromatic carbocycles. The molecule has 0 N–H and O–H groups in total. The predicted molar refractivity (Wildman–Crippen MR) is 68.1 cm³/mol. The van der Waals surface area contributed by atoms with Gasteiger partial charge in [0.05, 0.1) is 12.8 Å². The molecule has 0 spiro atoms. The maximum atomic E-state index is 5.05. The summed E-state index contributed by atoms with van der Waals surface area (Å²) >= 11 is 0. The third-order valence-electron chi connectivity index (χ3n) is 2.68. The lowest BCUT2D eigenvalue weighted by atomic mass is 9.98. The Morgan fingerprint density at radius 1 is 1.12 bits per heavy atom. The predicted octanol–water partition coefficient (Wildman–Crippen LogP) is 3.28. The topological polar surface area (TPSA) is 35.0 Å². The van der Waals surface area contributed by atoms with E-state index < -0.39 is 0 Å². The maximum absolute atomic E-state index is 5.05. The monoisotopic (exact) mass is 228 g/mol. The first kappa shape index (κ1) is 11.6. The first-order valence-electron chi connectivity index (χ1n) is 5.67. The highest BCUT2D eigenvalue weighted by Gasteiger charge is 2.09. The summed E-state index contributed by atoms with van der Waals surface area (Å²) in [5, 5.41) is 0. The number of rotatable bonds is 3. The summed E-state index contributed by atoms with van der Waals surface area (Å²) < 4.78 is 5.05. The molecule has 0 atom stereocenters. The Morgan fingerprint density at radius 3 is 2.53 bits per heavy atom. The smallest absolute Gasteiger partial charge is 0.212 e. The van der Waals surface area contributed by atoms with Crippen molar-refractivity contribution < 1.29 is 4.74 Å². The highest BCUT2D eigenvalue weighted by atomic mass is 16.5. The Morgan fingerprint density at radius 2 is 1.94 bits per heavy atom. The lowest BCUT2D eigenvalue weighted by molar-refractivity contribution is 0.398. The Balaban J connectivity index is 2.45. The van der Waals surface area contributed by atoms with Gasteiger partial charge in [0.1, 0.15) is 0 Å². The van der Waals surface area contributed by atoms with Gasteiger partial charge in [-0.3, -0.25) is 4.98 Å². The lowest BCUT2D eigenvalue weighted by Crippen LogP contribution is -1.95. The average Bonchev–Trinajstić information content (AvgIpc) is 2.39. The van der Waals surface area contributed by atoms with E-state index in [9.17, 15) is 0 Å². The summed E-state index contributed by atoms with van der Waals surface area (Å²) in [6.07, 6.45) is 3.61. The fraction of sp³-hybridized carbons (Fsp3) is 0.286. The van der Waals surface area contributed by atoms with Gasteiger partial charge in [0.2, 0.25) is 5.88 Å². The van der Waals surface area contributed by atoms with Gasteiger partial charge in [0.25, 0.3) is 0 Å². The van der Waals surface area contributed by atoms with Crippen LogP contribution in [0.1, 0.15) is 25.3 Å². The molecule has 3 heteroatoms. The summed E-state index contributed by atoms with van der Waals surface area (Å²) in [5.74, 6) is 1.07. The molecule has 17 heavy (non-hydrogen) atoms. The normalized spacial score (nSPS) is 10.6. The van der Waals surface area contributed by atoms with Crippen molar-refractivity contribution in [2.45, 2.75) is 19.8 Å². The van der Waals surface area contributed by atoms with Gasteiger partial charge in [-0.05, 0) is 23.6 Å². The number of hydrogen-bond donors (Lipinski definition) is 0. The second-order valence-electron chi connectivity index (χ2n) is 4.19. The van der Waals surface area contributed by atoms with Crippen molar-refractivity contribution in [3.05, 3.63) is 42.2 Å². The largest absolute Gasteiger partial charge is 0.481 e. The highest BCUT2D eigenvalue weighted by molar-refractivity contribution is 5.62. The average molecular weight is 228 g/mol. The molecule has 0 radical (unpaired) electrons. The van der Waals surface area contributed by atoms with Gasteiger partial charge in [0, 0.05) is 24.0 Å². The first-order chi connectivity index (χ1) is 8.22. The molecule has 3 nitrogen and oxygen atoms in total. The van der Waals surface area contributed by atoms with E-state index in [1.54, 1.807) is 13.3 Å². The van der Waals surface area contributed by atoms with Crippen molar-refractivity contribution in [1.29, 1.82) is 0 Å². The van der Waals surface area contributed by atoms with E-state index in [1.807, 2.05) is 24.4 Å². The second kappa shape index (κ2) is 4.95. The van der Waals surface area contributed by atoms with E-state index in [0.717, 1.165) is 11.3 Å². The third kappa shape index (κ3) is 2.44. The SMILES string of the molecule is COc1ccc(-c2ncccc2C(C)C)cn1. The van der Waals surface area contributed by atoms with Crippen LogP contribution in [0.2, 0.25) is 0 Å². The summed E-state index contributed by atoms with van der Waals surface area (Å²) in [5.41, 5.74) is 3.26. The fourth-order valence-electron chi connectivity index (χ4n) is 1.77. The summed E-state index contributed by atoms with van der Waals surface area (Å²) in [6, 6.07) is 7.92. The number of pyridine rings is 2. The molecular formula is C14H16N2O. The van der Waals surface area contributed by atoms with Gasteiger partial charge in [-0.1, -0.05) is 19.9 Å². The third-order valence-corrected chi connectivity index (χ3v) is 2.68. The molecule has 0 fully saturated rings. The number of hydrogen-bond acceptors (Lipinski definition) is 3. The molecule has 0 amide bonds. The minimum Gasteiger partial charge on any atom is -0.481 e. The van der Waals surface area contributed by atoms with Crippen molar-refractivity contribution in [2.24, 2.45) is 0 Å². The van der Waals surface area contributed by atoms with E-state index in [-0.39, 0.29) is 0 Å². The van der Waals surface area contributed by atoms with Crippen molar-refractivity contribution >= 4 is 0 Å². The summed E-state index contributed by atoms with van der Waals surface area (Å²) in [7, 11) is 1.61. The molecule has 0 unspecified atom stereocenters. The lowest BCUT2D eigenvalue weighted by Gasteiger charge is -2.11. The van der Waals surface area contributed by atoms with E-state index in [2.05, 4.69) is 29.9 Å². The van der Waals surface area contributed by atoms with Crippen molar-refractivity contribution in [1.82, 2.24) is 9.97 Å². The Hall–Kier alpha value is -1.90. The summed E-state index contributed by atoms with van der Waals surface area (Å²) in [6.45, 7) is 4.33. The highest BCUT2D eigenvalue weighted by Crippen LogP contribution is 2.26. The van der Waals surface area contributed by atoms with Crippen molar-refractivity contribution in [2.75, 3.05) is 7.11 Å². The van der Waals surface area contributed by atoms with Gasteiger partial charge in [0.15, 0.2) is 0 Å². The maximum Gasteiger partial charge on any atom is 0.212 e. The van der Waals surface area contributed by atoms with Crippen LogP contribution in [0.4, 0.5) is 0 Å². The Labute approximate surface area is 102 Å². The van der Waals surface area contributed by atoms with Crippen LogP contribution in [0.3, 0.4) is 0 Å². The molecule has 2 rings (SSSR count). The molecule has 0 saturated carbocycles. The van der Waals surface area contributed by atoms with Gasteiger partial charge >= 0.3 is 0 Å². The standard InChI is InChI=1S/C14H16N2O/c1-10(2)12-5-4-8-15-14(12)11-6-7-13(17-3)16-9-11/h4-10H,1-3H3. The van der Waals surface area contributed by atoms with Crippen molar-refractivity contribution in [3.8, 4) is 17.1 Å². The zero-order valence-corrected chi connectivity index (χ0v) is 10.3. The molecule has 0 saturated heterocycles. The van der Waals surface area contributed by atoms with Gasteiger partial charge < -0.3 is 4.74 Å². The first-order valence-corrected chi connectivity index (χ1v) is 5.67. The zero-order valence-electron chi connectivity index (χ0n) is 10.3. The molecule has 0 aliphatic carbocycles. The van der Waals surface area contributed by atoms with Crippen LogP contribution in [-0.2, 0) is 0 Å². The van der Waals surface area contributed by atoms with Crippen LogP contribution in [0, 0.1) is 0 Å². The quantitative estimate of drug-likeness (QED) is 0.808. The molecule has 88 valence electrons. The van der Waals surface area contributed by atoms with Gasteiger partial charge in [-0.2, -0.15) is 0 Å². The second-order valence-corrected chi connectivity index (χ2v) is 4.19. The van der Waals surface area contributed by atoms with Crippen LogP contribution in [-0.4, -0.2) is 17.1 Å². The minimum atomic E-state index is 0.445. The Kier molecular flexibility index (Phi) is 3.38.